The average Bonchev–Trinajstić information content (AvgIpc) is 3.27. The van der Waals surface area contributed by atoms with Crippen LogP contribution in [-0.4, -0.2) is 37.2 Å². The van der Waals surface area contributed by atoms with Gasteiger partial charge in [-0.15, -0.1) is 0 Å². The van der Waals surface area contributed by atoms with Crippen LogP contribution in [0.25, 0.3) is 0 Å². The number of esters is 3. The highest BCUT2D eigenvalue weighted by Crippen LogP contribution is 2.16. The molecule has 0 spiro atoms. The monoisotopic (exact) mass is 873 g/mol. The standard InChI is InChI=1S/C56H104O6/c1-4-7-10-13-16-19-22-25-27-29-31-34-37-40-43-46-49-55(58)61-52-53(51-60-54(57)48-45-42-39-36-33-24-21-18-15-12-9-6-3)62-56(59)50-47-44-41-38-35-32-30-28-26-23-20-17-14-11-8-5-2/h27-30,53H,4-26,31-52H2,1-3H3/b29-27-,30-28-/t53-/m1/s1. The highest BCUT2D eigenvalue weighted by atomic mass is 16.6. The van der Waals surface area contributed by atoms with Gasteiger partial charge in [0.1, 0.15) is 13.2 Å². The van der Waals surface area contributed by atoms with E-state index in [1.165, 1.54) is 186 Å². The first-order chi connectivity index (χ1) is 30.5. The molecule has 0 bridgehead atoms. The Morgan fingerprint density at radius 1 is 0.306 bits per heavy atom. The van der Waals surface area contributed by atoms with Crippen LogP contribution >= 0.6 is 0 Å². The maximum Gasteiger partial charge on any atom is 0.306 e. The molecule has 0 aliphatic rings. The molecule has 0 aliphatic carbocycles. The summed E-state index contributed by atoms with van der Waals surface area (Å²) in [4.78, 5) is 38.0. The van der Waals surface area contributed by atoms with Crippen molar-refractivity contribution in [3.63, 3.8) is 0 Å². The molecular weight excluding hydrogens is 769 g/mol. The summed E-state index contributed by atoms with van der Waals surface area (Å²) in [6.07, 6.45) is 58.7. The number of rotatable bonds is 50. The third-order valence-electron chi connectivity index (χ3n) is 12.2. The van der Waals surface area contributed by atoms with Crippen LogP contribution in [0.5, 0.6) is 0 Å². The van der Waals surface area contributed by atoms with Gasteiger partial charge in [-0.3, -0.25) is 14.4 Å². The molecule has 0 fully saturated rings. The number of ether oxygens (including phenoxy) is 3. The molecule has 6 nitrogen and oxygen atoms in total. The largest absolute Gasteiger partial charge is 0.462 e. The topological polar surface area (TPSA) is 78.9 Å². The zero-order valence-corrected chi connectivity index (χ0v) is 41.7. The molecule has 0 radical (unpaired) electrons. The van der Waals surface area contributed by atoms with Crippen molar-refractivity contribution in [1.82, 2.24) is 0 Å². The Bertz CT molecular complexity index is 1000. The van der Waals surface area contributed by atoms with Gasteiger partial charge in [-0.05, 0) is 70.6 Å². The summed E-state index contributed by atoms with van der Waals surface area (Å²) < 4.78 is 16.8. The van der Waals surface area contributed by atoms with E-state index in [9.17, 15) is 14.4 Å². The summed E-state index contributed by atoms with van der Waals surface area (Å²) in [7, 11) is 0. The van der Waals surface area contributed by atoms with Crippen LogP contribution in [0.2, 0.25) is 0 Å². The first-order valence-electron chi connectivity index (χ1n) is 27.3. The van der Waals surface area contributed by atoms with Gasteiger partial charge in [0.15, 0.2) is 6.10 Å². The minimum Gasteiger partial charge on any atom is -0.462 e. The predicted molar refractivity (Wildman–Crippen MR) is 266 cm³/mol. The van der Waals surface area contributed by atoms with E-state index >= 15 is 0 Å². The lowest BCUT2D eigenvalue weighted by Gasteiger charge is -2.18. The Kier molecular flexibility index (Phi) is 49.8. The van der Waals surface area contributed by atoms with Gasteiger partial charge in [-0.25, -0.2) is 0 Å². The number of hydrogen-bond donors (Lipinski definition) is 0. The van der Waals surface area contributed by atoms with Gasteiger partial charge < -0.3 is 14.2 Å². The molecule has 0 amide bonds. The Morgan fingerprint density at radius 3 is 0.806 bits per heavy atom. The van der Waals surface area contributed by atoms with Crippen molar-refractivity contribution in [3.8, 4) is 0 Å². The van der Waals surface area contributed by atoms with E-state index in [2.05, 4.69) is 45.1 Å². The van der Waals surface area contributed by atoms with E-state index in [0.717, 1.165) is 70.6 Å². The molecule has 0 saturated heterocycles. The summed E-state index contributed by atoms with van der Waals surface area (Å²) in [5.74, 6) is -0.875. The third kappa shape index (κ3) is 48.9. The molecule has 0 aromatic rings. The number of allylic oxidation sites excluding steroid dienone is 4. The minimum absolute atomic E-state index is 0.0733. The molecule has 364 valence electrons. The minimum atomic E-state index is -0.774. The van der Waals surface area contributed by atoms with Crippen molar-refractivity contribution in [2.45, 2.75) is 303 Å². The van der Waals surface area contributed by atoms with Crippen molar-refractivity contribution in [3.05, 3.63) is 24.3 Å². The van der Waals surface area contributed by atoms with Gasteiger partial charge in [-0.1, -0.05) is 231 Å². The Labute approximate surface area is 385 Å². The first-order valence-corrected chi connectivity index (χ1v) is 27.3. The summed E-state index contributed by atoms with van der Waals surface area (Å²) in [5.41, 5.74) is 0. The van der Waals surface area contributed by atoms with Crippen LogP contribution in [0.1, 0.15) is 297 Å². The van der Waals surface area contributed by atoms with Gasteiger partial charge in [0.25, 0.3) is 0 Å². The smallest absolute Gasteiger partial charge is 0.306 e. The Morgan fingerprint density at radius 2 is 0.532 bits per heavy atom. The molecule has 0 aliphatic heterocycles. The summed E-state index contributed by atoms with van der Waals surface area (Å²) in [6, 6.07) is 0. The summed E-state index contributed by atoms with van der Waals surface area (Å²) in [5, 5.41) is 0. The maximum atomic E-state index is 12.8. The van der Waals surface area contributed by atoms with E-state index in [-0.39, 0.29) is 31.1 Å². The average molecular weight is 873 g/mol. The second-order valence-electron chi connectivity index (χ2n) is 18.5. The van der Waals surface area contributed by atoms with Crippen molar-refractivity contribution in [2.24, 2.45) is 0 Å². The maximum absolute atomic E-state index is 12.8. The molecule has 1 atom stereocenters. The number of carbonyl (C=O) groups is 3. The first kappa shape index (κ1) is 59.9. The van der Waals surface area contributed by atoms with Crippen molar-refractivity contribution < 1.29 is 28.6 Å². The van der Waals surface area contributed by atoms with Crippen LogP contribution in [0.15, 0.2) is 24.3 Å². The fourth-order valence-corrected chi connectivity index (χ4v) is 8.02. The molecule has 0 aromatic carbocycles. The number of hydrogen-bond acceptors (Lipinski definition) is 6. The third-order valence-corrected chi connectivity index (χ3v) is 12.2. The van der Waals surface area contributed by atoms with Gasteiger partial charge in [0.2, 0.25) is 0 Å². The lowest BCUT2D eigenvalue weighted by atomic mass is 10.0. The van der Waals surface area contributed by atoms with Gasteiger partial charge in [0.05, 0.1) is 0 Å². The molecule has 0 heterocycles. The van der Waals surface area contributed by atoms with E-state index in [1.807, 2.05) is 0 Å². The molecule has 0 unspecified atom stereocenters. The fraction of sp³-hybridized carbons (Fsp3) is 0.875. The van der Waals surface area contributed by atoms with E-state index in [1.54, 1.807) is 0 Å². The summed E-state index contributed by atoms with van der Waals surface area (Å²) >= 11 is 0. The number of unbranched alkanes of at least 4 members (excludes halogenated alkanes) is 35. The van der Waals surface area contributed by atoms with Crippen molar-refractivity contribution >= 4 is 17.9 Å². The van der Waals surface area contributed by atoms with Crippen molar-refractivity contribution in [2.75, 3.05) is 13.2 Å². The molecule has 0 aromatic heterocycles. The zero-order valence-electron chi connectivity index (χ0n) is 41.7. The highest BCUT2D eigenvalue weighted by Gasteiger charge is 2.19. The van der Waals surface area contributed by atoms with Crippen LogP contribution in [0, 0.1) is 0 Å². The lowest BCUT2D eigenvalue weighted by Crippen LogP contribution is -2.30. The second-order valence-corrected chi connectivity index (χ2v) is 18.5. The molecule has 0 saturated carbocycles. The fourth-order valence-electron chi connectivity index (χ4n) is 8.02. The summed E-state index contributed by atoms with van der Waals surface area (Å²) in [6.45, 7) is 6.65. The molecule has 62 heavy (non-hydrogen) atoms. The van der Waals surface area contributed by atoms with Crippen LogP contribution in [-0.2, 0) is 28.6 Å². The number of carbonyl (C=O) groups excluding carboxylic acids is 3. The Hall–Kier alpha value is -2.11. The SMILES string of the molecule is CCCCCCCCC/C=C\CCCCCCCC(=O)OC[C@@H](COC(=O)CCCCCCCCCCCCCC)OC(=O)CCCCCCC/C=C\CCCCCCCCC. The predicted octanol–water partition coefficient (Wildman–Crippen LogP) is 17.9. The van der Waals surface area contributed by atoms with E-state index in [4.69, 9.17) is 14.2 Å². The quantitative estimate of drug-likeness (QED) is 0.0262. The van der Waals surface area contributed by atoms with Crippen molar-refractivity contribution in [1.29, 1.82) is 0 Å². The van der Waals surface area contributed by atoms with E-state index < -0.39 is 6.10 Å². The molecule has 6 heteroatoms. The highest BCUT2D eigenvalue weighted by molar-refractivity contribution is 5.71. The second kappa shape index (κ2) is 51.5. The normalized spacial score (nSPS) is 12.1. The molecular formula is C56H104O6. The van der Waals surface area contributed by atoms with Crippen LogP contribution < -0.4 is 0 Å². The van der Waals surface area contributed by atoms with Gasteiger partial charge >= 0.3 is 17.9 Å². The van der Waals surface area contributed by atoms with Crippen LogP contribution in [0.3, 0.4) is 0 Å². The molecule has 0 N–H and O–H groups in total. The molecule has 0 rings (SSSR count). The van der Waals surface area contributed by atoms with E-state index in [0.29, 0.717) is 19.3 Å². The Balaban J connectivity index is 4.35. The zero-order chi connectivity index (χ0) is 45.1. The van der Waals surface area contributed by atoms with Gasteiger partial charge in [-0.2, -0.15) is 0 Å². The lowest BCUT2D eigenvalue weighted by molar-refractivity contribution is -0.167. The van der Waals surface area contributed by atoms with Gasteiger partial charge in [0, 0.05) is 19.3 Å². The van der Waals surface area contributed by atoms with Crippen LogP contribution in [0.4, 0.5) is 0 Å².